The summed E-state index contributed by atoms with van der Waals surface area (Å²) in [6.07, 6.45) is -4.32. The zero-order chi connectivity index (χ0) is 22.6. The Morgan fingerprint density at radius 2 is 1.55 bits per heavy atom. The average Bonchev–Trinajstić information content (AvgIpc) is 2.74. The number of nitrogens with one attached hydrogen (secondary N) is 1. The van der Waals surface area contributed by atoms with E-state index < -0.39 is 11.7 Å². The summed E-state index contributed by atoms with van der Waals surface area (Å²) in [5, 5.41) is 2.88. The lowest BCUT2D eigenvalue weighted by atomic mass is 10.1. The van der Waals surface area contributed by atoms with Gasteiger partial charge in [-0.3, -0.25) is 19.4 Å². The van der Waals surface area contributed by atoms with Crippen molar-refractivity contribution in [2.24, 2.45) is 0 Å². The topological polar surface area (TPSA) is 52.7 Å². The van der Waals surface area contributed by atoms with Crippen molar-refractivity contribution >= 4 is 17.4 Å². The van der Waals surface area contributed by atoms with E-state index in [9.17, 15) is 22.8 Å². The maximum Gasteiger partial charge on any atom is 0.416 e. The number of halogens is 3. The number of amides is 1. The van der Waals surface area contributed by atoms with E-state index in [0.29, 0.717) is 30.9 Å². The second-order valence-electron chi connectivity index (χ2n) is 7.81. The fourth-order valence-corrected chi connectivity index (χ4v) is 3.57. The van der Waals surface area contributed by atoms with E-state index >= 15 is 0 Å². The molecule has 8 heteroatoms. The van der Waals surface area contributed by atoms with E-state index in [2.05, 4.69) is 15.1 Å². The molecule has 1 aliphatic rings. The van der Waals surface area contributed by atoms with Crippen LogP contribution in [0, 0.1) is 0 Å². The number of piperazine rings is 1. The van der Waals surface area contributed by atoms with E-state index in [1.807, 2.05) is 6.92 Å². The zero-order valence-corrected chi connectivity index (χ0v) is 17.6. The highest BCUT2D eigenvalue weighted by atomic mass is 19.4. The molecule has 0 spiro atoms. The summed E-state index contributed by atoms with van der Waals surface area (Å²) in [7, 11) is 0. The van der Waals surface area contributed by atoms with E-state index in [1.165, 1.54) is 19.1 Å². The number of anilines is 1. The second kappa shape index (κ2) is 9.62. The number of carbonyl (C=O) groups is 2. The Bertz CT molecular complexity index is 903. The van der Waals surface area contributed by atoms with Gasteiger partial charge in [0.05, 0.1) is 11.6 Å². The summed E-state index contributed by atoms with van der Waals surface area (Å²) in [6, 6.07) is 11.7. The van der Waals surface area contributed by atoms with Crippen molar-refractivity contribution in [1.29, 1.82) is 0 Å². The Kier molecular flexibility index (Phi) is 7.12. The molecule has 1 atom stereocenters. The Morgan fingerprint density at radius 3 is 2.06 bits per heavy atom. The van der Waals surface area contributed by atoms with Crippen molar-refractivity contribution < 1.29 is 22.8 Å². The number of hydrogen-bond donors (Lipinski definition) is 1. The van der Waals surface area contributed by atoms with Crippen LogP contribution in [0.1, 0.15) is 35.3 Å². The minimum absolute atomic E-state index is 0.0274. The number of alkyl halides is 3. The molecule has 1 saturated heterocycles. The molecule has 5 nitrogen and oxygen atoms in total. The molecule has 31 heavy (non-hydrogen) atoms. The Balaban J connectivity index is 1.48. The number of hydrogen-bond acceptors (Lipinski definition) is 4. The first-order valence-corrected chi connectivity index (χ1v) is 10.2. The van der Waals surface area contributed by atoms with Crippen LogP contribution in [0.3, 0.4) is 0 Å². The average molecular weight is 433 g/mol. The fourth-order valence-electron chi connectivity index (χ4n) is 3.57. The van der Waals surface area contributed by atoms with E-state index in [4.69, 9.17) is 0 Å². The van der Waals surface area contributed by atoms with Crippen molar-refractivity contribution in [1.82, 2.24) is 9.80 Å². The zero-order valence-electron chi connectivity index (χ0n) is 17.6. The van der Waals surface area contributed by atoms with Crippen LogP contribution in [0.5, 0.6) is 0 Å². The number of carbonyl (C=O) groups excluding carboxylic acids is 2. The molecule has 1 fully saturated rings. The molecule has 1 aliphatic heterocycles. The van der Waals surface area contributed by atoms with Gasteiger partial charge in [0, 0.05) is 44.0 Å². The molecular weight excluding hydrogens is 407 g/mol. The van der Waals surface area contributed by atoms with Crippen LogP contribution < -0.4 is 5.32 Å². The van der Waals surface area contributed by atoms with Gasteiger partial charge in [-0.1, -0.05) is 12.1 Å². The smallest absolute Gasteiger partial charge is 0.325 e. The van der Waals surface area contributed by atoms with Crippen molar-refractivity contribution in [2.75, 3.05) is 31.5 Å². The summed E-state index contributed by atoms with van der Waals surface area (Å²) in [4.78, 5) is 28.2. The molecule has 2 aromatic carbocycles. The molecule has 3 rings (SSSR count). The SMILES string of the molecule is CC(=O)c1ccc(NC(=O)C(C)N2CCN(Cc3ccc(C(F)(F)F)cc3)CC2)cc1. The first-order chi connectivity index (χ1) is 14.6. The monoisotopic (exact) mass is 433 g/mol. The number of benzene rings is 2. The molecule has 0 saturated carbocycles. The first-order valence-electron chi connectivity index (χ1n) is 10.2. The number of Topliss-reactive ketones (excluding diaryl/α,β-unsaturated/α-hetero) is 1. The third-order valence-corrected chi connectivity index (χ3v) is 5.58. The van der Waals surface area contributed by atoms with Crippen LogP contribution in [0.15, 0.2) is 48.5 Å². The molecule has 1 unspecified atom stereocenters. The lowest BCUT2D eigenvalue weighted by Crippen LogP contribution is -2.52. The van der Waals surface area contributed by atoms with Gasteiger partial charge < -0.3 is 5.32 Å². The normalized spacial score (nSPS) is 16.7. The van der Waals surface area contributed by atoms with E-state index in [-0.39, 0.29) is 17.7 Å². The lowest BCUT2D eigenvalue weighted by Gasteiger charge is -2.37. The van der Waals surface area contributed by atoms with Gasteiger partial charge in [-0.05, 0) is 55.8 Å². The molecule has 0 aliphatic carbocycles. The second-order valence-corrected chi connectivity index (χ2v) is 7.81. The Morgan fingerprint density at radius 1 is 0.968 bits per heavy atom. The minimum atomic E-state index is -4.32. The molecule has 0 aromatic heterocycles. The summed E-state index contributed by atoms with van der Waals surface area (Å²) >= 11 is 0. The largest absolute Gasteiger partial charge is 0.416 e. The molecule has 0 radical (unpaired) electrons. The summed E-state index contributed by atoms with van der Waals surface area (Å²) in [5.74, 6) is -0.146. The highest BCUT2D eigenvalue weighted by molar-refractivity contribution is 5.96. The standard InChI is InChI=1S/C23H26F3N3O2/c1-16(22(31)27-21-9-5-19(6-10-21)17(2)30)29-13-11-28(12-14-29)15-18-3-7-20(8-4-18)23(24,25)26/h3-10,16H,11-15H2,1-2H3,(H,27,31). The van der Waals surface area contributed by atoms with Gasteiger partial charge in [0.25, 0.3) is 0 Å². The van der Waals surface area contributed by atoms with Gasteiger partial charge in [0.2, 0.25) is 5.91 Å². The quantitative estimate of drug-likeness (QED) is 0.699. The molecule has 166 valence electrons. The number of rotatable bonds is 6. The molecular formula is C23H26F3N3O2. The van der Waals surface area contributed by atoms with Gasteiger partial charge in [-0.2, -0.15) is 13.2 Å². The van der Waals surface area contributed by atoms with Crippen molar-refractivity contribution in [3.63, 3.8) is 0 Å². The van der Waals surface area contributed by atoms with Crippen LogP contribution >= 0.6 is 0 Å². The fraction of sp³-hybridized carbons (Fsp3) is 0.391. The van der Waals surface area contributed by atoms with Crippen molar-refractivity contribution in [3.8, 4) is 0 Å². The first kappa shape index (κ1) is 23.0. The van der Waals surface area contributed by atoms with Gasteiger partial charge in [0.15, 0.2) is 5.78 Å². The third-order valence-electron chi connectivity index (χ3n) is 5.58. The third kappa shape index (κ3) is 6.15. The highest BCUT2D eigenvalue weighted by Gasteiger charge is 2.30. The van der Waals surface area contributed by atoms with Gasteiger partial charge >= 0.3 is 6.18 Å². The van der Waals surface area contributed by atoms with Crippen LogP contribution in [0.25, 0.3) is 0 Å². The number of ketones is 1. The molecule has 1 amide bonds. The molecule has 0 bridgehead atoms. The van der Waals surface area contributed by atoms with Crippen molar-refractivity contribution in [3.05, 3.63) is 65.2 Å². The van der Waals surface area contributed by atoms with Gasteiger partial charge in [-0.25, -0.2) is 0 Å². The predicted octanol–water partition coefficient (Wildman–Crippen LogP) is 4.05. The van der Waals surface area contributed by atoms with Crippen LogP contribution in [0.2, 0.25) is 0 Å². The van der Waals surface area contributed by atoms with Gasteiger partial charge in [0.1, 0.15) is 0 Å². The van der Waals surface area contributed by atoms with E-state index in [1.54, 1.807) is 24.3 Å². The Hall–Kier alpha value is -2.71. The number of nitrogens with zero attached hydrogens (tertiary/aromatic N) is 2. The Labute approximate surface area is 179 Å². The maximum atomic E-state index is 12.7. The lowest BCUT2D eigenvalue weighted by molar-refractivity contribution is -0.137. The molecule has 1 N–H and O–H groups in total. The van der Waals surface area contributed by atoms with Gasteiger partial charge in [-0.15, -0.1) is 0 Å². The van der Waals surface area contributed by atoms with Crippen molar-refractivity contribution in [2.45, 2.75) is 32.6 Å². The minimum Gasteiger partial charge on any atom is -0.325 e. The molecule has 2 aromatic rings. The summed E-state index contributed by atoms with van der Waals surface area (Å²) in [6.45, 7) is 6.77. The van der Waals surface area contributed by atoms with Crippen LogP contribution in [0.4, 0.5) is 18.9 Å². The predicted molar refractivity (Wildman–Crippen MR) is 113 cm³/mol. The van der Waals surface area contributed by atoms with Crippen LogP contribution in [-0.2, 0) is 17.5 Å². The van der Waals surface area contributed by atoms with E-state index in [0.717, 1.165) is 30.8 Å². The summed E-state index contributed by atoms with van der Waals surface area (Å²) in [5.41, 5.74) is 1.43. The highest BCUT2D eigenvalue weighted by Crippen LogP contribution is 2.29. The molecule has 1 heterocycles. The van der Waals surface area contributed by atoms with Crippen LogP contribution in [-0.4, -0.2) is 53.7 Å². The maximum absolute atomic E-state index is 12.7. The summed E-state index contributed by atoms with van der Waals surface area (Å²) < 4.78 is 38.1.